The first kappa shape index (κ1) is 19.2. The van der Waals surface area contributed by atoms with Gasteiger partial charge in [0.05, 0.1) is 11.4 Å². The Morgan fingerprint density at radius 2 is 1.46 bits per heavy atom. The third-order valence-electron chi connectivity index (χ3n) is 4.94. The molecule has 3 rings (SSSR count). The number of anilines is 3. The number of ketones is 1. The highest BCUT2D eigenvalue weighted by Crippen LogP contribution is 2.40. The second-order valence-corrected chi connectivity index (χ2v) is 6.63. The molecule has 2 aromatic carbocycles. The normalized spacial score (nSPS) is 12.4. The van der Waals surface area contributed by atoms with Crippen LogP contribution in [0.15, 0.2) is 66.0 Å². The number of rotatable bonds is 5. The molecule has 28 heavy (non-hydrogen) atoms. The molecular formula is C22H22N4O2. The van der Waals surface area contributed by atoms with Crippen LogP contribution in [0.25, 0.3) is 0 Å². The van der Waals surface area contributed by atoms with E-state index in [1.807, 2.05) is 84.6 Å². The second-order valence-electron chi connectivity index (χ2n) is 6.63. The fourth-order valence-corrected chi connectivity index (χ4v) is 3.37. The quantitative estimate of drug-likeness (QED) is 0.593. The van der Waals surface area contributed by atoms with Crippen LogP contribution in [0.1, 0.15) is 12.8 Å². The average molecular weight is 374 g/mol. The van der Waals surface area contributed by atoms with Crippen molar-refractivity contribution < 1.29 is 9.59 Å². The van der Waals surface area contributed by atoms with Gasteiger partial charge in [0.25, 0.3) is 0 Å². The Kier molecular flexibility index (Phi) is 5.46. The van der Waals surface area contributed by atoms with Gasteiger partial charge in [-0.2, -0.15) is 5.26 Å². The molecule has 1 amide bonds. The van der Waals surface area contributed by atoms with Crippen molar-refractivity contribution in [3.8, 4) is 6.07 Å². The zero-order chi connectivity index (χ0) is 20.3. The molecule has 0 spiro atoms. The fraction of sp³-hybridized carbons (Fsp3) is 0.227. The van der Waals surface area contributed by atoms with Crippen LogP contribution in [0, 0.1) is 11.3 Å². The number of para-hydroxylation sites is 3. The van der Waals surface area contributed by atoms with Crippen LogP contribution < -0.4 is 14.7 Å². The summed E-state index contributed by atoms with van der Waals surface area (Å²) in [4.78, 5) is 30.4. The van der Waals surface area contributed by atoms with Crippen LogP contribution in [0.4, 0.5) is 17.1 Å². The summed E-state index contributed by atoms with van der Waals surface area (Å²) in [6.45, 7) is 0. The monoisotopic (exact) mass is 374 g/mol. The largest absolute Gasteiger partial charge is 0.328 e. The predicted octanol–water partition coefficient (Wildman–Crippen LogP) is 3.32. The second kappa shape index (κ2) is 7.97. The van der Waals surface area contributed by atoms with E-state index in [9.17, 15) is 14.9 Å². The average Bonchev–Trinajstić information content (AvgIpc) is 2.98. The molecule has 2 aromatic rings. The van der Waals surface area contributed by atoms with Gasteiger partial charge in [-0.05, 0) is 24.3 Å². The number of amides is 1. The molecule has 6 nitrogen and oxygen atoms in total. The van der Waals surface area contributed by atoms with Crippen molar-refractivity contribution in [1.82, 2.24) is 0 Å². The van der Waals surface area contributed by atoms with E-state index in [1.165, 1.54) is 4.90 Å². The maximum absolute atomic E-state index is 12.8. The van der Waals surface area contributed by atoms with Crippen LogP contribution >= 0.6 is 0 Å². The standard InChI is InChI=1S/C22H22N4O2/c1-24(16-9-5-4-6-10-16)21(28)14-13-20(27)17(15-23)22-25(2)18-11-7-8-12-19(18)26(22)3/h4-12H,13-14H2,1-3H3. The molecule has 142 valence electrons. The molecule has 0 fully saturated rings. The molecule has 1 heterocycles. The lowest BCUT2D eigenvalue weighted by atomic mass is 10.1. The molecule has 0 unspecified atom stereocenters. The van der Waals surface area contributed by atoms with Crippen LogP contribution in [-0.4, -0.2) is 32.8 Å². The zero-order valence-electron chi connectivity index (χ0n) is 16.2. The Morgan fingerprint density at radius 1 is 0.929 bits per heavy atom. The van der Waals surface area contributed by atoms with E-state index in [-0.39, 0.29) is 30.1 Å². The first-order chi connectivity index (χ1) is 13.5. The van der Waals surface area contributed by atoms with E-state index in [1.54, 1.807) is 7.05 Å². The summed E-state index contributed by atoms with van der Waals surface area (Å²) in [7, 11) is 5.34. The van der Waals surface area contributed by atoms with E-state index < -0.39 is 0 Å². The third-order valence-corrected chi connectivity index (χ3v) is 4.94. The molecule has 0 radical (unpaired) electrons. The molecule has 0 bridgehead atoms. The summed E-state index contributed by atoms with van der Waals surface area (Å²) in [5.74, 6) is 0.0367. The number of Topliss-reactive ketones (excluding diaryl/α,β-unsaturated/α-hetero) is 1. The smallest absolute Gasteiger partial charge is 0.227 e. The summed E-state index contributed by atoms with van der Waals surface area (Å²) < 4.78 is 0. The molecule has 0 N–H and O–H groups in total. The van der Waals surface area contributed by atoms with E-state index in [0.717, 1.165) is 17.1 Å². The molecule has 0 saturated carbocycles. The van der Waals surface area contributed by atoms with Gasteiger partial charge in [-0.1, -0.05) is 30.3 Å². The molecule has 6 heteroatoms. The highest BCUT2D eigenvalue weighted by Gasteiger charge is 2.31. The lowest BCUT2D eigenvalue weighted by Gasteiger charge is -2.20. The minimum atomic E-state index is -0.334. The third kappa shape index (κ3) is 3.47. The molecule has 0 aliphatic carbocycles. The van der Waals surface area contributed by atoms with Crippen LogP contribution in [-0.2, 0) is 9.59 Å². The molecular weight excluding hydrogens is 352 g/mol. The van der Waals surface area contributed by atoms with E-state index in [4.69, 9.17) is 0 Å². The van der Waals surface area contributed by atoms with Gasteiger partial charge in [0, 0.05) is 39.7 Å². The van der Waals surface area contributed by atoms with Crippen molar-refractivity contribution in [2.45, 2.75) is 12.8 Å². The maximum atomic E-state index is 12.8. The summed E-state index contributed by atoms with van der Waals surface area (Å²) in [6, 6.07) is 19.0. The predicted molar refractivity (Wildman–Crippen MR) is 110 cm³/mol. The Bertz CT molecular complexity index is 945. The van der Waals surface area contributed by atoms with Gasteiger partial charge in [-0.3, -0.25) is 9.59 Å². The summed E-state index contributed by atoms with van der Waals surface area (Å²) in [5.41, 5.74) is 2.70. The summed E-state index contributed by atoms with van der Waals surface area (Å²) in [6.07, 6.45) is 0.0312. The van der Waals surface area contributed by atoms with Gasteiger partial charge < -0.3 is 14.7 Å². The Labute approximate surface area is 164 Å². The lowest BCUT2D eigenvalue weighted by Crippen LogP contribution is -2.28. The van der Waals surface area contributed by atoms with Gasteiger partial charge in [0.1, 0.15) is 17.5 Å². The maximum Gasteiger partial charge on any atom is 0.227 e. The minimum Gasteiger partial charge on any atom is -0.328 e. The van der Waals surface area contributed by atoms with E-state index >= 15 is 0 Å². The molecule has 0 atom stereocenters. The van der Waals surface area contributed by atoms with E-state index in [2.05, 4.69) is 0 Å². The van der Waals surface area contributed by atoms with Crippen LogP contribution in [0.3, 0.4) is 0 Å². The SMILES string of the molecule is CN(C(=O)CCC(=O)C(C#N)=C1N(C)c2ccccc2N1C)c1ccccc1. The van der Waals surface area contributed by atoms with Gasteiger partial charge >= 0.3 is 0 Å². The summed E-state index contributed by atoms with van der Waals surface area (Å²) >= 11 is 0. The van der Waals surface area contributed by atoms with Gasteiger partial charge in [0.15, 0.2) is 5.78 Å². The molecule has 1 aliphatic heterocycles. The number of hydrogen-bond donors (Lipinski definition) is 0. The Hall–Kier alpha value is -3.59. The topological polar surface area (TPSA) is 67.6 Å². The zero-order valence-corrected chi connectivity index (χ0v) is 16.2. The summed E-state index contributed by atoms with van der Waals surface area (Å²) in [5, 5.41) is 9.65. The van der Waals surface area contributed by atoms with Crippen molar-refractivity contribution in [3.05, 3.63) is 66.0 Å². The number of nitriles is 1. The Morgan fingerprint density at radius 3 is 2.00 bits per heavy atom. The number of hydrogen-bond acceptors (Lipinski definition) is 5. The minimum absolute atomic E-state index is 0.0135. The fourth-order valence-electron chi connectivity index (χ4n) is 3.37. The van der Waals surface area contributed by atoms with Gasteiger partial charge in [0.2, 0.25) is 5.91 Å². The molecule has 0 aromatic heterocycles. The van der Waals surface area contributed by atoms with Crippen LogP contribution in [0.2, 0.25) is 0 Å². The number of fused-ring (bicyclic) bond motifs is 1. The van der Waals surface area contributed by atoms with Crippen LogP contribution in [0.5, 0.6) is 0 Å². The highest BCUT2D eigenvalue weighted by molar-refractivity contribution is 6.04. The van der Waals surface area contributed by atoms with Crippen molar-refractivity contribution in [2.24, 2.45) is 0 Å². The van der Waals surface area contributed by atoms with Gasteiger partial charge in [-0.25, -0.2) is 0 Å². The number of benzene rings is 2. The van der Waals surface area contributed by atoms with Crippen molar-refractivity contribution in [3.63, 3.8) is 0 Å². The highest BCUT2D eigenvalue weighted by atomic mass is 16.2. The van der Waals surface area contributed by atoms with Crippen molar-refractivity contribution in [1.29, 1.82) is 5.26 Å². The number of carbonyl (C=O) groups is 2. The number of nitrogens with zero attached hydrogens (tertiary/aromatic N) is 4. The first-order valence-corrected chi connectivity index (χ1v) is 9.01. The lowest BCUT2D eigenvalue weighted by molar-refractivity contribution is -0.122. The molecule has 0 saturated heterocycles. The first-order valence-electron chi connectivity index (χ1n) is 9.01. The Balaban J connectivity index is 1.75. The number of allylic oxidation sites excluding steroid dienone is 1. The number of carbonyl (C=O) groups excluding carboxylic acids is 2. The van der Waals surface area contributed by atoms with Crippen molar-refractivity contribution in [2.75, 3.05) is 35.8 Å². The van der Waals surface area contributed by atoms with E-state index in [0.29, 0.717) is 5.82 Å². The van der Waals surface area contributed by atoms with Crippen molar-refractivity contribution >= 4 is 28.8 Å². The molecule has 1 aliphatic rings. The van der Waals surface area contributed by atoms with Gasteiger partial charge in [-0.15, -0.1) is 0 Å².